The fraction of sp³-hybridized carbons (Fsp3) is 0. The molecule has 0 spiro atoms. The lowest BCUT2D eigenvalue weighted by Crippen LogP contribution is -1.81. The summed E-state index contributed by atoms with van der Waals surface area (Å²) in [5, 5.41) is 1.19. The first-order valence-corrected chi connectivity index (χ1v) is 6.32. The van der Waals surface area contributed by atoms with Gasteiger partial charge >= 0.3 is 0 Å². The summed E-state index contributed by atoms with van der Waals surface area (Å²) >= 11 is 1.75. The molecule has 2 aromatic carbocycles. The topological polar surface area (TPSA) is 12.9 Å². The lowest BCUT2D eigenvalue weighted by molar-refractivity contribution is 1.34. The number of aromatic nitrogens is 1. The predicted octanol–water partition coefficient (Wildman–Crippen LogP) is 4.39. The average Bonchev–Trinajstić information content (AvgIpc) is 2.40. The van der Waals surface area contributed by atoms with E-state index in [4.69, 9.17) is 0 Å². The Labute approximate surface area is 105 Å². The minimum atomic E-state index is 1.07. The molecule has 0 aliphatic heterocycles. The zero-order valence-electron chi connectivity index (χ0n) is 9.21. The Morgan fingerprint density at radius 1 is 0.765 bits per heavy atom. The molecule has 0 unspecified atom stereocenters. The Morgan fingerprint density at radius 2 is 1.59 bits per heavy atom. The molecule has 3 aromatic rings. The van der Waals surface area contributed by atoms with Crippen LogP contribution in [0.15, 0.2) is 76.7 Å². The SMILES string of the molecule is c1ccc(Sc2cccc3cccnc23)cc1. The molecule has 82 valence electrons. The highest BCUT2D eigenvalue weighted by Gasteiger charge is 2.02. The fourth-order valence-electron chi connectivity index (χ4n) is 1.77. The molecule has 0 aliphatic carbocycles. The Kier molecular flexibility index (Phi) is 2.80. The Balaban J connectivity index is 2.06. The van der Waals surface area contributed by atoms with Gasteiger partial charge in [0, 0.05) is 21.4 Å². The molecule has 0 atom stereocenters. The summed E-state index contributed by atoms with van der Waals surface area (Å²) in [6, 6.07) is 20.7. The highest BCUT2D eigenvalue weighted by molar-refractivity contribution is 7.99. The smallest absolute Gasteiger partial charge is 0.0841 e. The number of hydrogen-bond acceptors (Lipinski definition) is 2. The second kappa shape index (κ2) is 4.60. The van der Waals surface area contributed by atoms with Crippen LogP contribution in [-0.2, 0) is 0 Å². The third kappa shape index (κ3) is 2.17. The molecule has 0 saturated heterocycles. The zero-order valence-corrected chi connectivity index (χ0v) is 10.0. The average molecular weight is 237 g/mol. The molecular formula is C15H11NS. The van der Waals surface area contributed by atoms with Gasteiger partial charge in [-0.25, -0.2) is 0 Å². The van der Waals surface area contributed by atoms with Crippen LogP contribution in [0.4, 0.5) is 0 Å². The van der Waals surface area contributed by atoms with E-state index < -0.39 is 0 Å². The van der Waals surface area contributed by atoms with Crippen molar-refractivity contribution in [3.05, 3.63) is 66.9 Å². The minimum absolute atomic E-state index is 1.07. The maximum Gasteiger partial charge on any atom is 0.0841 e. The van der Waals surface area contributed by atoms with E-state index >= 15 is 0 Å². The van der Waals surface area contributed by atoms with E-state index in [0.717, 1.165) is 5.52 Å². The number of hydrogen-bond donors (Lipinski definition) is 0. The van der Waals surface area contributed by atoms with Gasteiger partial charge in [-0.3, -0.25) is 4.98 Å². The molecule has 1 heterocycles. The van der Waals surface area contributed by atoms with Gasteiger partial charge in [0.2, 0.25) is 0 Å². The monoisotopic (exact) mass is 237 g/mol. The third-order valence-corrected chi connectivity index (χ3v) is 3.62. The van der Waals surface area contributed by atoms with Crippen molar-refractivity contribution in [2.24, 2.45) is 0 Å². The largest absolute Gasteiger partial charge is 0.255 e. The zero-order chi connectivity index (χ0) is 11.5. The molecule has 1 nitrogen and oxygen atoms in total. The molecule has 0 aliphatic rings. The van der Waals surface area contributed by atoms with Gasteiger partial charge in [0.25, 0.3) is 0 Å². The van der Waals surface area contributed by atoms with Gasteiger partial charge in [0.15, 0.2) is 0 Å². The number of benzene rings is 2. The molecule has 0 fully saturated rings. The highest BCUT2D eigenvalue weighted by Crippen LogP contribution is 2.31. The maximum atomic E-state index is 4.46. The van der Waals surface area contributed by atoms with E-state index in [1.807, 2.05) is 18.3 Å². The third-order valence-electron chi connectivity index (χ3n) is 2.57. The van der Waals surface area contributed by atoms with Crippen molar-refractivity contribution < 1.29 is 0 Å². The van der Waals surface area contributed by atoms with Gasteiger partial charge in [0.1, 0.15) is 0 Å². The van der Waals surface area contributed by atoms with Crippen LogP contribution in [0.3, 0.4) is 0 Å². The van der Waals surface area contributed by atoms with Gasteiger partial charge in [-0.2, -0.15) is 0 Å². The first-order chi connectivity index (χ1) is 8.43. The normalized spacial score (nSPS) is 10.6. The van der Waals surface area contributed by atoms with E-state index in [2.05, 4.69) is 53.5 Å². The van der Waals surface area contributed by atoms with Crippen LogP contribution in [0.5, 0.6) is 0 Å². The van der Waals surface area contributed by atoms with E-state index in [1.165, 1.54) is 15.2 Å². The maximum absolute atomic E-state index is 4.46. The van der Waals surface area contributed by atoms with Crippen LogP contribution in [0.25, 0.3) is 10.9 Å². The molecule has 0 N–H and O–H groups in total. The lowest BCUT2D eigenvalue weighted by atomic mass is 10.2. The van der Waals surface area contributed by atoms with Crippen molar-refractivity contribution in [3.63, 3.8) is 0 Å². The van der Waals surface area contributed by atoms with Gasteiger partial charge in [-0.05, 0) is 24.3 Å². The summed E-state index contributed by atoms with van der Waals surface area (Å²) in [6.45, 7) is 0. The fourth-order valence-corrected chi connectivity index (χ4v) is 2.74. The summed E-state index contributed by atoms with van der Waals surface area (Å²) in [5.74, 6) is 0. The molecular weight excluding hydrogens is 226 g/mol. The molecule has 17 heavy (non-hydrogen) atoms. The minimum Gasteiger partial charge on any atom is -0.255 e. The van der Waals surface area contributed by atoms with Crippen molar-refractivity contribution in [1.82, 2.24) is 4.98 Å². The molecule has 0 bridgehead atoms. The number of fused-ring (bicyclic) bond motifs is 1. The van der Waals surface area contributed by atoms with E-state index in [0.29, 0.717) is 0 Å². The van der Waals surface area contributed by atoms with Crippen LogP contribution >= 0.6 is 11.8 Å². The van der Waals surface area contributed by atoms with Crippen molar-refractivity contribution in [1.29, 1.82) is 0 Å². The second-order valence-corrected chi connectivity index (χ2v) is 4.86. The molecule has 0 saturated carbocycles. The summed E-state index contributed by atoms with van der Waals surface area (Å²) in [6.07, 6.45) is 1.84. The van der Waals surface area contributed by atoms with Crippen molar-refractivity contribution >= 4 is 22.7 Å². The van der Waals surface area contributed by atoms with E-state index in [9.17, 15) is 0 Å². The van der Waals surface area contributed by atoms with Crippen molar-refractivity contribution in [3.8, 4) is 0 Å². The van der Waals surface area contributed by atoms with Gasteiger partial charge in [-0.1, -0.05) is 48.2 Å². The standard InChI is InChI=1S/C15H11NS/c1-2-8-13(9-3-1)17-14-10-4-6-12-7-5-11-16-15(12)14/h1-11H. The van der Waals surface area contributed by atoms with Gasteiger partial charge in [0.05, 0.1) is 5.52 Å². The van der Waals surface area contributed by atoms with Crippen molar-refractivity contribution in [2.45, 2.75) is 9.79 Å². The number of para-hydroxylation sites is 1. The molecule has 0 radical (unpaired) electrons. The van der Waals surface area contributed by atoms with Crippen LogP contribution in [0.2, 0.25) is 0 Å². The van der Waals surface area contributed by atoms with E-state index in [1.54, 1.807) is 11.8 Å². The van der Waals surface area contributed by atoms with Crippen molar-refractivity contribution in [2.75, 3.05) is 0 Å². The Hall–Kier alpha value is -1.80. The van der Waals surface area contributed by atoms with Crippen LogP contribution in [0.1, 0.15) is 0 Å². The predicted molar refractivity (Wildman–Crippen MR) is 72.3 cm³/mol. The summed E-state index contributed by atoms with van der Waals surface area (Å²) in [7, 11) is 0. The summed E-state index contributed by atoms with van der Waals surface area (Å²) in [5.41, 5.74) is 1.07. The quantitative estimate of drug-likeness (QED) is 0.655. The van der Waals surface area contributed by atoms with Gasteiger partial charge in [-0.15, -0.1) is 0 Å². The Morgan fingerprint density at radius 3 is 2.47 bits per heavy atom. The Bertz CT molecular complexity index is 629. The molecule has 1 aromatic heterocycles. The first-order valence-electron chi connectivity index (χ1n) is 5.50. The van der Waals surface area contributed by atoms with Gasteiger partial charge < -0.3 is 0 Å². The summed E-state index contributed by atoms with van der Waals surface area (Å²) < 4.78 is 0. The first kappa shape index (κ1) is 10.4. The molecule has 2 heteroatoms. The van der Waals surface area contributed by atoms with E-state index in [-0.39, 0.29) is 0 Å². The number of nitrogens with zero attached hydrogens (tertiary/aromatic N) is 1. The molecule has 0 amide bonds. The van der Waals surface area contributed by atoms with Crippen LogP contribution in [-0.4, -0.2) is 4.98 Å². The van der Waals surface area contributed by atoms with Crippen LogP contribution in [0, 0.1) is 0 Å². The molecule has 3 rings (SSSR count). The lowest BCUT2D eigenvalue weighted by Gasteiger charge is -2.04. The van der Waals surface area contributed by atoms with Crippen LogP contribution < -0.4 is 0 Å². The number of pyridine rings is 1. The number of rotatable bonds is 2. The highest BCUT2D eigenvalue weighted by atomic mass is 32.2. The second-order valence-electron chi connectivity index (χ2n) is 3.75. The summed E-state index contributed by atoms with van der Waals surface area (Å²) in [4.78, 5) is 6.90.